The molecular weight excluding hydrogens is 267 g/mol. The summed E-state index contributed by atoms with van der Waals surface area (Å²) in [4.78, 5) is 4.33. The summed E-state index contributed by atoms with van der Waals surface area (Å²) in [6.07, 6.45) is 1.59. The van der Waals surface area contributed by atoms with Gasteiger partial charge < -0.3 is 10.3 Å². The van der Waals surface area contributed by atoms with Crippen LogP contribution >= 0.6 is 0 Å². The van der Waals surface area contributed by atoms with E-state index in [1.165, 1.54) is 0 Å². The third kappa shape index (κ3) is 2.37. The highest BCUT2D eigenvalue weighted by molar-refractivity contribution is 5.71. The van der Waals surface area contributed by atoms with E-state index in [0.717, 1.165) is 24.4 Å². The number of imidazole rings is 1. The molecule has 0 saturated heterocycles. The maximum absolute atomic E-state index is 13.3. The smallest absolute Gasteiger partial charge is 0.194 e. The Bertz CT molecular complexity index is 612. The van der Waals surface area contributed by atoms with Crippen LogP contribution in [0.5, 0.6) is 0 Å². The van der Waals surface area contributed by atoms with Gasteiger partial charge in [0.05, 0.1) is 0 Å². The highest BCUT2D eigenvalue weighted by Crippen LogP contribution is 2.29. The highest BCUT2D eigenvalue weighted by Gasteiger charge is 2.18. The Labute approximate surface area is 115 Å². The third-order valence-electron chi connectivity index (χ3n) is 3.13. The summed E-state index contributed by atoms with van der Waals surface area (Å²) in [5, 5.41) is 0. The predicted octanol–water partition coefficient (Wildman–Crippen LogP) is 3.52. The number of aryl methyl sites for hydroxylation is 1. The first-order chi connectivity index (χ1) is 9.49. The number of hydrogen-bond acceptors (Lipinski definition) is 2. The second-order valence-corrected chi connectivity index (χ2v) is 4.51. The van der Waals surface area contributed by atoms with Crippen molar-refractivity contribution in [2.45, 2.75) is 33.2 Å². The fraction of sp³-hybridized carbons (Fsp3) is 0.357. The van der Waals surface area contributed by atoms with E-state index in [1.54, 1.807) is 4.57 Å². The van der Waals surface area contributed by atoms with Crippen LogP contribution in [0.3, 0.4) is 0 Å². The minimum Gasteiger partial charge on any atom is -0.383 e. The van der Waals surface area contributed by atoms with Gasteiger partial charge in [-0.1, -0.05) is 6.92 Å². The average molecular weight is 283 g/mol. The minimum absolute atomic E-state index is 0.142. The molecule has 0 aliphatic rings. The van der Waals surface area contributed by atoms with Gasteiger partial charge in [0.15, 0.2) is 17.5 Å². The van der Waals surface area contributed by atoms with E-state index < -0.39 is 17.5 Å². The molecular formula is C14H16F3N3. The lowest BCUT2D eigenvalue weighted by atomic mass is 10.1. The zero-order chi connectivity index (χ0) is 14.9. The number of aromatic nitrogens is 2. The summed E-state index contributed by atoms with van der Waals surface area (Å²) >= 11 is 0. The number of benzene rings is 1. The van der Waals surface area contributed by atoms with Crippen LogP contribution in [0.4, 0.5) is 19.0 Å². The Morgan fingerprint density at radius 1 is 1.15 bits per heavy atom. The van der Waals surface area contributed by atoms with Crippen molar-refractivity contribution in [3.05, 3.63) is 35.4 Å². The van der Waals surface area contributed by atoms with Crippen LogP contribution in [0.25, 0.3) is 11.3 Å². The summed E-state index contributed by atoms with van der Waals surface area (Å²) in [6.45, 7) is 4.52. The number of anilines is 1. The molecule has 2 N–H and O–H groups in total. The third-order valence-corrected chi connectivity index (χ3v) is 3.13. The Morgan fingerprint density at radius 3 is 2.25 bits per heavy atom. The van der Waals surface area contributed by atoms with E-state index >= 15 is 0 Å². The van der Waals surface area contributed by atoms with Crippen molar-refractivity contribution < 1.29 is 13.2 Å². The molecule has 3 nitrogen and oxygen atoms in total. The standard InChI is InChI=1S/C14H16F3N3/c1-3-5-11-19-13(14(18)20(11)4-2)8-6-9(15)12(17)10(16)7-8/h6-7H,3-5,18H2,1-2H3. The van der Waals surface area contributed by atoms with Crippen molar-refractivity contribution in [1.29, 1.82) is 0 Å². The van der Waals surface area contributed by atoms with Crippen LogP contribution in [0.2, 0.25) is 0 Å². The van der Waals surface area contributed by atoms with E-state index in [4.69, 9.17) is 5.73 Å². The number of hydrogen-bond donors (Lipinski definition) is 1. The van der Waals surface area contributed by atoms with Crippen LogP contribution in [-0.2, 0) is 13.0 Å². The van der Waals surface area contributed by atoms with Gasteiger partial charge in [0.25, 0.3) is 0 Å². The molecule has 20 heavy (non-hydrogen) atoms. The van der Waals surface area contributed by atoms with Crippen molar-refractivity contribution in [2.75, 3.05) is 5.73 Å². The molecule has 6 heteroatoms. The lowest BCUT2D eigenvalue weighted by molar-refractivity contribution is 0.447. The second kappa shape index (κ2) is 5.56. The zero-order valence-electron chi connectivity index (χ0n) is 11.4. The summed E-state index contributed by atoms with van der Waals surface area (Å²) in [6, 6.07) is 1.82. The molecule has 108 valence electrons. The van der Waals surface area contributed by atoms with Crippen molar-refractivity contribution in [3.8, 4) is 11.3 Å². The van der Waals surface area contributed by atoms with Gasteiger partial charge in [0.2, 0.25) is 0 Å². The Morgan fingerprint density at radius 2 is 1.75 bits per heavy atom. The molecule has 2 rings (SSSR count). The fourth-order valence-corrected chi connectivity index (χ4v) is 2.19. The SMILES string of the molecule is CCCc1nc(-c2cc(F)c(F)c(F)c2)c(N)n1CC. The average Bonchev–Trinajstić information content (AvgIpc) is 2.72. The number of rotatable bonds is 4. The topological polar surface area (TPSA) is 43.8 Å². The predicted molar refractivity (Wildman–Crippen MR) is 71.6 cm³/mol. The van der Waals surface area contributed by atoms with Gasteiger partial charge in [0, 0.05) is 18.5 Å². The molecule has 1 aromatic carbocycles. The van der Waals surface area contributed by atoms with Crippen LogP contribution in [0.15, 0.2) is 12.1 Å². The molecule has 0 fully saturated rings. The minimum atomic E-state index is -1.49. The quantitative estimate of drug-likeness (QED) is 0.872. The first kappa shape index (κ1) is 14.4. The summed E-state index contributed by atoms with van der Waals surface area (Å²) < 4.78 is 41.4. The molecule has 2 aromatic rings. The monoisotopic (exact) mass is 283 g/mol. The van der Waals surface area contributed by atoms with Crippen LogP contribution < -0.4 is 5.73 Å². The molecule has 0 atom stereocenters. The van der Waals surface area contributed by atoms with Gasteiger partial charge in [-0.3, -0.25) is 0 Å². The second-order valence-electron chi connectivity index (χ2n) is 4.51. The van der Waals surface area contributed by atoms with Gasteiger partial charge in [-0.25, -0.2) is 18.2 Å². The van der Waals surface area contributed by atoms with E-state index in [0.29, 0.717) is 18.8 Å². The van der Waals surface area contributed by atoms with Gasteiger partial charge in [0.1, 0.15) is 17.3 Å². The lowest BCUT2D eigenvalue weighted by Crippen LogP contribution is -2.05. The molecule has 0 aliphatic heterocycles. The molecule has 1 aromatic heterocycles. The maximum atomic E-state index is 13.3. The normalized spacial score (nSPS) is 11.1. The molecule has 1 heterocycles. The van der Waals surface area contributed by atoms with Gasteiger partial charge >= 0.3 is 0 Å². The largest absolute Gasteiger partial charge is 0.383 e. The number of halogens is 3. The van der Waals surface area contributed by atoms with Crippen molar-refractivity contribution >= 4 is 5.82 Å². The van der Waals surface area contributed by atoms with Crippen molar-refractivity contribution in [2.24, 2.45) is 0 Å². The molecule has 0 radical (unpaired) electrons. The van der Waals surface area contributed by atoms with Crippen molar-refractivity contribution in [3.63, 3.8) is 0 Å². The molecule has 0 bridgehead atoms. The Hall–Kier alpha value is -1.98. The molecule has 0 unspecified atom stereocenters. The van der Waals surface area contributed by atoms with Gasteiger partial charge in [-0.05, 0) is 25.5 Å². The summed E-state index contributed by atoms with van der Waals surface area (Å²) in [7, 11) is 0. The number of nitrogens with two attached hydrogens (primary N) is 1. The molecule has 0 spiro atoms. The lowest BCUT2D eigenvalue weighted by Gasteiger charge is -2.05. The zero-order valence-corrected chi connectivity index (χ0v) is 11.4. The van der Waals surface area contributed by atoms with Crippen molar-refractivity contribution in [1.82, 2.24) is 9.55 Å². The molecule has 0 aliphatic carbocycles. The molecule has 0 saturated carbocycles. The van der Waals surface area contributed by atoms with Gasteiger partial charge in [-0.2, -0.15) is 0 Å². The van der Waals surface area contributed by atoms with E-state index in [-0.39, 0.29) is 11.3 Å². The van der Waals surface area contributed by atoms with Gasteiger partial charge in [-0.15, -0.1) is 0 Å². The van der Waals surface area contributed by atoms with Crippen LogP contribution in [0.1, 0.15) is 26.1 Å². The molecule has 0 amide bonds. The summed E-state index contributed by atoms with van der Waals surface area (Å²) in [5.74, 6) is -2.89. The van der Waals surface area contributed by atoms with E-state index in [1.807, 2.05) is 13.8 Å². The van der Waals surface area contributed by atoms with Crippen LogP contribution in [-0.4, -0.2) is 9.55 Å². The summed E-state index contributed by atoms with van der Waals surface area (Å²) in [5.41, 5.74) is 6.40. The Kier molecular flexibility index (Phi) is 4.01. The first-order valence-electron chi connectivity index (χ1n) is 6.49. The Balaban J connectivity index is 2.58. The highest BCUT2D eigenvalue weighted by atomic mass is 19.2. The number of nitrogens with zero attached hydrogens (tertiary/aromatic N) is 2. The fourth-order valence-electron chi connectivity index (χ4n) is 2.19. The van der Waals surface area contributed by atoms with Crippen LogP contribution in [0, 0.1) is 17.5 Å². The van der Waals surface area contributed by atoms with E-state index in [9.17, 15) is 13.2 Å². The maximum Gasteiger partial charge on any atom is 0.194 e. The van der Waals surface area contributed by atoms with E-state index in [2.05, 4.69) is 4.98 Å². The first-order valence-corrected chi connectivity index (χ1v) is 6.49. The number of nitrogen functional groups attached to an aromatic ring is 1.